The van der Waals surface area contributed by atoms with E-state index in [4.69, 9.17) is 11.6 Å². The Balaban J connectivity index is 1.61. The minimum atomic E-state index is -0.273. The minimum Gasteiger partial charge on any atom is -0.298 e. The largest absolute Gasteiger partial charge is 0.298 e. The quantitative estimate of drug-likeness (QED) is 0.282. The summed E-state index contributed by atoms with van der Waals surface area (Å²) in [6.45, 7) is 1.82. The van der Waals surface area contributed by atoms with Crippen LogP contribution in [0.2, 0.25) is 5.02 Å². The van der Waals surface area contributed by atoms with E-state index in [2.05, 4.69) is 20.3 Å². The minimum absolute atomic E-state index is 0.273. The molecule has 0 fully saturated rings. The van der Waals surface area contributed by atoms with Crippen molar-refractivity contribution in [1.29, 1.82) is 0 Å². The molecule has 5 nitrogen and oxygen atoms in total. The number of hydrogen-bond donors (Lipinski definition) is 1. The number of aromatic nitrogens is 3. The number of benzene rings is 1. The van der Waals surface area contributed by atoms with E-state index >= 15 is 0 Å². The van der Waals surface area contributed by atoms with Crippen LogP contribution in [0.5, 0.6) is 0 Å². The van der Waals surface area contributed by atoms with Gasteiger partial charge in [-0.15, -0.1) is 34.4 Å². The molecule has 29 heavy (non-hydrogen) atoms. The fraction of sp³-hybridized carbons (Fsp3) is 0.100. The highest BCUT2D eigenvalue weighted by Gasteiger charge is 2.20. The molecule has 4 aromatic rings. The van der Waals surface area contributed by atoms with Crippen molar-refractivity contribution in [3.63, 3.8) is 0 Å². The molecule has 0 atom stereocenters. The number of thioether (sulfide) groups is 1. The van der Waals surface area contributed by atoms with Crippen LogP contribution in [0.4, 0.5) is 5.13 Å². The van der Waals surface area contributed by atoms with E-state index in [-0.39, 0.29) is 5.91 Å². The zero-order valence-corrected chi connectivity index (χ0v) is 18.7. The zero-order valence-electron chi connectivity index (χ0n) is 15.5. The van der Waals surface area contributed by atoms with Gasteiger partial charge in [0.2, 0.25) is 0 Å². The van der Waals surface area contributed by atoms with Crippen molar-refractivity contribution in [3.05, 3.63) is 63.4 Å². The molecule has 0 saturated carbocycles. The third kappa shape index (κ3) is 4.20. The van der Waals surface area contributed by atoms with Crippen LogP contribution < -0.4 is 5.32 Å². The first-order valence-electron chi connectivity index (χ1n) is 8.55. The Labute approximate surface area is 185 Å². The van der Waals surface area contributed by atoms with E-state index in [1.807, 2.05) is 60.3 Å². The van der Waals surface area contributed by atoms with Gasteiger partial charge in [-0.3, -0.25) is 10.1 Å². The van der Waals surface area contributed by atoms with Crippen molar-refractivity contribution in [2.75, 3.05) is 11.6 Å². The van der Waals surface area contributed by atoms with Crippen LogP contribution in [0.1, 0.15) is 16.1 Å². The smallest absolute Gasteiger partial charge is 0.262 e. The Morgan fingerprint density at radius 2 is 1.93 bits per heavy atom. The number of amides is 1. The number of aryl methyl sites for hydroxylation is 1. The van der Waals surface area contributed by atoms with Crippen molar-refractivity contribution in [1.82, 2.24) is 15.0 Å². The summed E-state index contributed by atoms with van der Waals surface area (Å²) in [5.41, 5.74) is 2.65. The van der Waals surface area contributed by atoms with E-state index < -0.39 is 0 Å². The number of hydrogen-bond acceptors (Lipinski definition) is 7. The maximum Gasteiger partial charge on any atom is 0.262 e. The van der Waals surface area contributed by atoms with Gasteiger partial charge in [0.25, 0.3) is 5.91 Å². The van der Waals surface area contributed by atoms with Gasteiger partial charge in [-0.25, -0.2) is 15.0 Å². The second-order valence-corrected chi connectivity index (χ2v) is 8.97. The molecular formula is C20H15ClN4OS3. The van der Waals surface area contributed by atoms with Gasteiger partial charge in [-0.2, -0.15) is 0 Å². The van der Waals surface area contributed by atoms with E-state index in [1.54, 1.807) is 11.3 Å². The third-order valence-corrected chi connectivity index (χ3v) is 6.73. The van der Waals surface area contributed by atoms with Crippen molar-refractivity contribution < 1.29 is 4.79 Å². The Hall–Kier alpha value is -2.26. The van der Waals surface area contributed by atoms with Gasteiger partial charge in [-0.1, -0.05) is 35.9 Å². The summed E-state index contributed by atoms with van der Waals surface area (Å²) < 4.78 is 0. The number of nitrogens with one attached hydrogen (secondary N) is 1. The Kier molecular flexibility index (Phi) is 5.96. The molecule has 3 heterocycles. The molecule has 0 aliphatic rings. The molecule has 146 valence electrons. The molecule has 0 aliphatic heterocycles. The molecule has 0 spiro atoms. The summed E-state index contributed by atoms with van der Waals surface area (Å²) in [4.78, 5) is 27.6. The van der Waals surface area contributed by atoms with Gasteiger partial charge in [0.05, 0.1) is 21.8 Å². The van der Waals surface area contributed by atoms with E-state index in [0.29, 0.717) is 32.3 Å². The molecule has 4 rings (SSSR count). The van der Waals surface area contributed by atoms with Gasteiger partial charge < -0.3 is 0 Å². The fourth-order valence-corrected chi connectivity index (χ4v) is 4.97. The summed E-state index contributed by atoms with van der Waals surface area (Å²) in [6.07, 6.45) is 1.90. The number of carbonyl (C=O) groups is 1. The Bertz CT molecular complexity index is 1170. The first-order valence-corrected chi connectivity index (χ1v) is 11.9. The zero-order chi connectivity index (χ0) is 20.4. The predicted octanol–water partition coefficient (Wildman–Crippen LogP) is 6.26. The average Bonchev–Trinajstić information content (AvgIpc) is 3.40. The van der Waals surface area contributed by atoms with Crippen molar-refractivity contribution >= 4 is 57.1 Å². The summed E-state index contributed by atoms with van der Waals surface area (Å²) in [5, 5.41) is 8.48. The topological polar surface area (TPSA) is 67.8 Å². The van der Waals surface area contributed by atoms with Crippen LogP contribution >= 0.6 is 46.0 Å². The fourth-order valence-electron chi connectivity index (χ4n) is 2.76. The molecule has 0 aliphatic carbocycles. The normalized spacial score (nSPS) is 10.9. The first kappa shape index (κ1) is 20.0. The molecule has 1 N–H and O–H groups in total. The molecule has 1 amide bonds. The van der Waals surface area contributed by atoms with Gasteiger partial charge in [0, 0.05) is 16.0 Å². The second-order valence-electron chi connectivity index (χ2n) is 5.97. The van der Waals surface area contributed by atoms with Gasteiger partial charge >= 0.3 is 0 Å². The maximum absolute atomic E-state index is 13.0. The summed E-state index contributed by atoms with van der Waals surface area (Å²) in [6, 6.07) is 11.4. The van der Waals surface area contributed by atoms with Crippen LogP contribution in [-0.2, 0) is 0 Å². The number of thiophene rings is 1. The van der Waals surface area contributed by atoms with E-state index in [0.717, 1.165) is 16.1 Å². The Morgan fingerprint density at radius 3 is 2.66 bits per heavy atom. The highest BCUT2D eigenvalue weighted by Crippen LogP contribution is 2.31. The van der Waals surface area contributed by atoms with Crippen LogP contribution in [0.15, 0.2) is 52.2 Å². The van der Waals surface area contributed by atoms with Crippen LogP contribution in [0.3, 0.4) is 0 Å². The number of anilines is 1. The summed E-state index contributed by atoms with van der Waals surface area (Å²) >= 11 is 10.6. The summed E-state index contributed by atoms with van der Waals surface area (Å²) in [5.74, 6) is 0.360. The number of nitrogens with zero attached hydrogens (tertiary/aromatic N) is 3. The molecule has 0 saturated heterocycles. The van der Waals surface area contributed by atoms with Crippen LogP contribution in [-0.4, -0.2) is 27.1 Å². The van der Waals surface area contributed by atoms with Gasteiger partial charge in [0.1, 0.15) is 5.03 Å². The van der Waals surface area contributed by atoms with Gasteiger partial charge in [-0.05, 0) is 30.7 Å². The molecule has 0 radical (unpaired) electrons. The predicted molar refractivity (Wildman–Crippen MR) is 122 cm³/mol. The maximum atomic E-state index is 13.0. The highest BCUT2D eigenvalue weighted by molar-refractivity contribution is 7.98. The summed E-state index contributed by atoms with van der Waals surface area (Å²) in [7, 11) is 0. The lowest BCUT2D eigenvalue weighted by atomic mass is 10.2. The van der Waals surface area contributed by atoms with Crippen LogP contribution in [0, 0.1) is 6.92 Å². The SMILES string of the molecule is CSc1nc(-c2cccs2)nc(C)c1C(=O)Nc1nc(-c2ccccc2Cl)cs1. The van der Waals surface area contributed by atoms with Crippen molar-refractivity contribution in [2.45, 2.75) is 11.9 Å². The van der Waals surface area contributed by atoms with Crippen molar-refractivity contribution in [3.8, 4) is 22.0 Å². The van der Waals surface area contributed by atoms with E-state index in [9.17, 15) is 4.79 Å². The molecular weight excluding hydrogens is 444 g/mol. The first-order chi connectivity index (χ1) is 14.1. The number of thiazole rings is 1. The standard InChI is InChI=1S/C20H15ClN4OS3/c1-11-16(19(27-2)24-17(22-11)15-8-5-9-28-15)18(26)25-20-23-14(10-29-20)12-6-3-4-7-13(12)21/h3-10H,1-2H3,(H,23,25,26). The van der Waals surface area contributed by atoms with Crippen molar-refractivity contribution in [2.24, 2.45) is 0 Å². The second kappa shape index (κ2) is 8.62. The molecule has 0 bridgehead atoms. The van der Waals surface area contributed by atoms with Gasteiger partial charge in [0.15, 0.2) is 11.0 Å². The number of carbonyl (C=O) groups excluding carboxylic acids is 1. The highest BCUT2D eigenvalue weighted by atomic mass is 35.5. The molecule has 3 aromatic heterocycles. The van der Waals surface area contributed by atoms with Crippen LogP contribution in [0.25, 0.3) is 22.0 Å². The lowest BCUT2D eigenvalue weighted by Gasteiger charge is -2.10. The average molecular weight is 459 g/mol. The third-order valence-electron chi connectivity index (χ3n) is 4.09. The monoisotopic (exact) mass is 458 g/mol. The number of halogens is 1. The molecule has 9 heteroatoms. The van der Waals surface area contributed by atoms with E-state index in [1.165, 1.54) is 23.1 Å². The molecule has 0 unspecified atom stereocenters. The molecule has 1 aromatic carbocycles. The number of rotatable bonds is 5. The lowest BCUT2D eigenvalue weighted by Crippen LogP contribution is -2.16. The lowest BCUT2D eigenvalue weighted by molar-refractivity contribution is 0.102. The Morgan fingerprint density at radius 1 is 1.10 bits per heavy atom.